The summed E-state index contributed by atoms with van der Waals surface area (Å²) in [5.74, 6) is -0.404. The minimum absolute atomic E-state index is 0.320. The molecule has 1 radical (unpaired) electrons. The lowest BCUT2D eigenvalue weighted by Gasteiger charge is -2.06. The van der Waals surface area contributed by atoms with Crippen LogP contribution in [0.5, 0.6) is 5.75 Å². The summed E-state index contributed by atoms with van der Waals surface area (Å²) in [6.45, 7) is -0.320. The molecule has 0 amide bonds. The van der Waals surface area contributed by atoms with E-state index in [0.717, 1.165) is 18.4 Å². The molecule has 4 nitrogen and oxygen atoms in total. The molecule has 0 bridgehead atoms. The molecule has 4 heteroatoms. The summed E-state index contributed by atoms with van der Waals surface area (Å²) in [5, 5.41) is 8.57. The lowest BCUT2D eigenvalue weighted by Crippen LogP contribution is -2.09. The number of hydrogen-bond donors (Lipinski definition) is 1. The van der Waals surface area contributed by atoms with Crippen molar-refractivity contribution in [2.45, 2.75) is 12.8 Å². The third-order valence-corrected chi connectivity index (χ3v) is 2.76. The molecule has 103 valence electrons. The highest BCUT2D eigenvalue weighted by molar-refractivity contribution is 5.68. The molecule has 1 aromatic carbocycles. The quantitative estimate of drug-likeness (QED) is 0.840. The molecule has 1 N–H and O–H groups in total. The van der Waals surface area contributed by atoms with Crippen LogP contribution < -0.4 is 4.74 Å². The fourth-order valence-corrected chi connectivity index (χ4v) is 1.83. The summed E-state index contributed by atoms with van der Waals surface area (Å²) in [4.78, 5) is 14.5. The van der Waals surface area contributed by atoms with Crippen molar-refractivity contribution in [3.8, 4) is 5.75 Å². The minimum Gasteiger partial charge on any atom is -0.482 e. The van der Waals surface area contributed by atoms with Gasteiger partial charge in [-0.25, -0.2) is 4.79 Å². The Morgan fingerprint density at radius 1 is 1.30 bits per heavy atom. The highest BCUT2D eigenvalue weighted by Gasteiger charge is 2.01. The van der Waals surface area contributed by atoms with Gasteiger partial charge in [0.05, 0.1) is 0 Å². The summed E-state index contributed by atoms with van der Waals surface area (Å²) >= 11 is 0. The molecule has 0 aliphatic carbocycles. The molecule has 0 saturated carbocycles. The van der Waals surface area contributed by atoms with E-state index >= 15 is 0 Å². The van der Waals surface area contributed by atoms with Crippen molar-refractivity contribution in [1.29, 1.82) is 0 Å². The van der Waals surface area contributed by atoms with E-state index in [1.54, 1.807) is 12.3 Å². The highest BCUT2D eigenvalue weighted by atomic mass is 16.5. The molecule has 0 spiro atoms. The van der Waals surface area contributed by atoms with Crippen molar-refractivity contribution in [3.05, 3.63) is 66.3 Å². The molecule has 0 unspecified atom stereocenters. The first-order valence-electron chi connectivity index (χ1n) is 6.41. The van der Waals surface area contributed by atoms with Gasteiger partial charge in [-0.15, -0.1) is 0 Å². The van der Waals surface area contributed by atoms with Crippen molar-refractivity contribution < 1.29 is 14.6 Å². The Hall–Kier alpha value is -2.36. The van der Waals surface area contributed by atoms with Crippen LogP contribution in [0.1, 0.15) is 17.5 Å². The average molecular weight is 270 g/mol. The van der Waals surface area contributed by atoms with Gasteiger partial charge < -0.3 is 9.84 Å². The fourth-order valence-electron chi connectivity index (χ4n) is 1.83. The van der Waals surface area contributed by atoms with E-state index in [0.29, 0.717) is 5.75 Å². The van der Waals surface area contributed by atoms with Crippen molar-refractivity contribution >= 4 is 5.97 Å². The molecule has 1 aromatic heterocycles. The maximum atomic E-state index is 10.4. The number of carbonyl (C=O) groups is 1. The van der Waals surface area contributed by atoms with Crippen LogP contribution in [0.25, 0.3) is 0 Å². The number of carboxylic acids is 1. The van der Waals surface area contributed by atoms with Gasteiger partial charge in [-0.05, 0) is 48.6 Å². The molecular weight excluding hydrogens is 254 g/mol. The largest absolute Gasteiger partial charge is 0.482 e. The number of carboxylic acid groups (broad SMARTS) is 1. The Labute approximate surface area is 118 Å². The van der Waals surface area contributed by atoms with Crippen molar-refractivity contribution in [2.24, 2.45) is 0 Å². The number of nitrogens with zero attached hydrogens (tertiary/aromatic N) is 1. The number of pyridine rings is 1. The molecule has 20 heavy (non-hydrogen) atoms. The number of hydrogen-bond acceptors (Lipinski definition) is 3. The zero-order valence-electron chi connectivity index (χ0n) is 11.0. The Bertz CT molecular complexity index is 555. The number of benzene rings is 1. The van der Waals surface area contributed by atoms with Gasteiger partial charge >= 0.3 is 5.97 Å². The van der Waals surface area contributed by atoms with Crippen LogP contribution in [-0.2, 0) is 11.2 Å². The Kier molecular flexibility index (Phi) is 5.12. The van der Waals surface area contributed by atoms with Crippen LogP contribution in [0.4, 0.5) is 0 Å². The molecular formula is C16H16NO3. The van der Waals surface area contributed by atoms with Crippen LogP contribution in [0.15, 0.2) is 48.8 Å². The van der Waals surface area contributed by atoms with Crippen LogP contribution >= 0.6 is 0 Å². The zero-order valence-corrected chi connectivity index (χ0v) is 11.0. The summed E-state index contributed by atoms with van der Waals surface area (Å²) in [6, 6.07) is 11.4. The normalized spacial score (nSPS) is 10.2. The Morgan fingerprint density at radius 2 is 2.20 bits per heavy atom. The van der Waals surface area contributed by atoms with E-state index in [4.69, 9.17) is 9.84 Å². The molecule has 2 aromatic rings. The standard InChI is InChI=1S/C16H16NO3/c18-16(19)12-20-15-8-2-5-13(10-15)4-1-6-14-7-3-9-17-11-14/h2-5,7-11H,1,6,12H2,(H,18,19). The molecule has 1 heterocycles. The topological polar surface area (TPSA) is 59.4 Å². The van der Waals surface area contributed by atoms with E-state index in [1.807, 2.05) is 36.5 Å². The van der Waals surface area contributed by atoms with Gasteiger partial charge in [-0.3, -0.25) is 4.98 Å². The summed E-state index contributed by atoms with van der Waals surface area (Å²) < 4.78 is 5.14. The number of aryl methyl sites for hydroxylation is 1. The highest BCUT2D eigenvalue weighted by Crippen LogP contribution is 2.16. The van der Waals surface area contributed by atoms with Gasteiger partial charge in [0.15, 0.2) is 6.61 Å². The van der Waals surface area contributed by atoms with Crippen LogP contribution in [0, 0.1) is 6.42 Å². The molecule has 0 atom stereocenters. The minimum atomic E-state index is -0.976. The van der Waals surface area contributed by atoms with Gasteiger partial charge in [-0.1, -0.05) is 18.2 Å². The second kappa shape index (κ2) is 7.28. The lowest BCUT2D eigenvalue weighted by molar-refractivity contribution is -0.139. The van der Waals surface area contributed by atoms with Gasteiger partial charge in [0, 0.05) is 12.4 Å². The summed E-state index contributed by atoms with van der Waals surface area (Å²) in [7, 11) is 0. The maximum absolute atomic E-state index is 10.4. The second-order valence-electron chi connectivity index (χ2n) is 4.36. The molecule has 0 fully saturated rings. The molecule has 0 aliphatic rings. The van der Waals surface area contributed by atoms with Gasteiger partial charge in [0.25, 0.3) is 0 Å². The van der Waals surface area contributed by atoms with Gasteiger partial charge in [-0.2, -0.15) is 0 Å². The van der Waals surface area contributed by atoms with Crippen molar-refractivity contribution in [1.82, 2.24) is 4.98 Å². The Balaban J connectivity index is 1.83. The predicted octanol–water partition coefficient (Wildman–Crippen LogP) is 2.73. The van der Waals surface area contributed by atoms with E-state index in [2.05, 4.69) is 11.4 Å². The van der Waals surface area contributed by atoms with E-state index < -0.39 is 5.97 Å². The summed E-state index contributed by atoms with van der Waals surface area (Å²) in [5.41, 5.74) is 2.22. The maximum Gasteiger partial charge on any atom is 0.341 e. The monoisotopic (exact) mass is 270 g/mol. The van der Waals surface area contributed by atoms with E-state index in [-0.39, 0.29) is 6.61 Å². The fraction of sp³-hybridized carbons (Fsp3) is 0.188. The number of rotatable bonds is 7. The molecule has 2 rings (SSSR count). The van der Waals surface area contributed by atoms with Gasteiger partial charge in [0.1, 0.15) is 5.75 Å². The Morgan fingerprint density at radius 3 is 2.95 bits per heavy atom. The average Bonchev–Trinajstić information content (AvgIpc) is 2.47. The first kappa shape index (κ1) is 14.1. The van der Waals surface area contributed by atoms with Crippen LogP contribution in [0.2, 0.25) is 0 Å². The van der Waals surface area contributed by atoms with Crippen LogP contribution in [0.3, 0.4) is 0 Å². The van der Waals surface area contributed by atoms with Crippen molar-refractivity contribution in [3.63, 3.8) is 0 Å². The third-order valence-electron chi connectivity index (χ3n) is 2.76. The smallest absolute Gasteiger partial charge is 0.341 e. The van der Waals surface area contributed by atoms with E-state index in [9.17, 15) is 4.79 Å². The second-order valence-corrected chi connectivity index (χ2v) is 4.36. The SMILES string of the molecule is O=C(O)COc1cccc([CH]CCc2cccnc2)c1. The first-order valence-corrected chi connectivity index (χ1v) is 6.41. The third kappa shape index (κ3) is 4.72. The summed E-state index contributed by atoms with van der Waals surface area (Å²) in [6.07, 6.45) is 7.54. The zero-order chi connectivity index (χ0) is 14.2. The van der Waals surface area contributed by atoms with E-state index in [1.165, 1.54) is 5.56 Å². The first-order chi connectivity index (χ1) is 9.74. The number of ether oxygens (including phenoxy) is 1. The van der Waals surface area contributed by atoms with Crippen LogP contribution in [-0.4, -0.2) is 22.7 Å². The molecule has 0 aliphatic heterocycles. The lowest BCUT2D eigenvalue weighted by atomic mass is 10.1. The number of aromatic nitrogens is 1. The van der Waals surface area contributed by atoms with Gasteiger partial charge in [0.2, 0.25) is 0 Å². The van der Waals surface area contributed by atoms with Crippen molar-refractivity contribution in [2.75, 3.05) is 6.61 Å². The molecule has 0 saturated heterocycles. The number of aliphatic carboxylic acids is 1. The predicted molar refractivity (Wildman–Crippen MR) is 75.5 cm³/mol.